The molecule has 0 spiro atoms. The number of fused-ring (bicyclic) bond motifs is 1. The van der Waals surface area contributed by atoms with Gasteiger partial charge in [-0.05, 0) is 12.1 Å². The minimum atomic E-state index is -0.314. The summed E-state index contributed by atoms with van der Waals surface area (Å²) in [6.45, 7) is 3.57. The molecule has 0 N–H and O–H groups in total. The van der Waals surface area contributed by atoms with Gasteiger partial charge in [0, 0.05) is 11.1 Å². The summed E-state index contributed by atoms with van der Waals surface area (Å²) in [6.07, 6.45) is 7.56. The molecule has 0 aliphatic carbocycles. The van der Waals surface area contributed by atoms with Crippen molar-refractivity contribution in [1.82, 2.24) is 0 Å². The third-order valence-corrected chi connectivity index (χ3v) is 2.40. The molecule has 2 nitrogen and oxygen atoms in total. The fourth-order valence-corrected chi connectivity index (χ4v) is 1.61. The Hall–Kier alpha value is -2.09. The summed E-state index contributed by atoms with van der Waals surface area (Å²) in [5, 5.41) is 0. The molecular formula is C14H12O2. The number of carbonyl (C=O) groups excluding carboxylic acids is 1. The van der Waals surface area contributed by atoms with Crippen molar-refractivity contribution in [2.45, 2.75) is 6.10 Å². The van der Waals surface area contributed by atoms with Crippen molar-refractivity contribution in [1.29, 1.82) is 0 Å². The van der Waals surface area contributed by atoms with Gasteiger partial charge in [0.25, 0.3) is 0 Å². The summed E-state index contributed by atoms with van der Waals surface area (Å²) >= 11 is 0. The van der Waals surface area contributed by atoms with Crippen molar-refractivity contribution in [2.24, 2.45) is 0 Å². The van der Waals surface area contributed by atoms with Crippen LogP contribution in [0, 0.1) is 0 Å². The van der Waals surface area contributed by atoms with E-state index in [1.807, 2.05) is 36.4 Å². The average molecular weight is 212 g/mol. The Labute approximate surface area is 94.6 Å². The second-order valence-corrected chi connectivity index (χ2v) is 3.46. The van der Waals surface area contributed by atoms with Gasteiger partial charge in [0.05, 0.1) is 0 Å². The normalized spacial score (nSPS) is 18.5. The summed E-state index contributed by atoms with van der Waals surface area (Å²) in [5.41, 5.74) is 1.60. The lowest BCUT2D eigenvalue weighted by Gasteiger charge is -2.21. The molecule has 0 bridgehead atoms. The molecule has 1 aliphatic heterocycles. The largest absolute Gasteiger partial charge is 0.481 e. The van der Waals surface area contributed by atoms with Gasteiger partial charge in [-0.2, -0.15) is 0 Å². The Morgan fingerprint density at radius 2 is 2.19 bits per heavy atom. The Balaban J connectivity index is 2.29. The van der Waals surface area contributed by atoms with Gasteiger partial charge >= 0.3 is 0 Å². The van der Waals surface area contributed by atoms with E-state index in [1.54, 1.807) is 12.2 Å². The van der Waals surface area contributed by atoms with E-state index in [2.05, 4.69) is 6.58 Å². The van der Waals surface area contributed by atoms with E-state index < -0.39 is 0 Å². The summed E-state index contributed by atoms with van der Waals surface area (Å²) in [4.78, 5) is 10.9. The van der Waals surface area contributed by atoms with Crippen molar-refractivity contribution in [2.75, 3.05) is 0 Å². The second kappa shape index (κ2) is 4.62. The van der Waals surface area contributed by atoms with Crippen LogP contribution in [0.5, 0.6) is 5.75 Å². The fourth-order valence-electron chi connectivity index (χ4n) is 1.61. The molecule has 0 amide bonds. The number of hydrogen-bond acceptors (Lipinski definition) is 2. The van der Waals surface area contributed by atoms with E-state index in [0.29, 0.717) is 5.57 Å². The van der Waals surface area contributed by atoms with Crippen molar-refractivity contribution in [3.63, 3.8) is 0 Å². The maximum absolute atomic E-state index is 10.9. The van der Waals surface area contributed by atoms with Crippen LogP contribution in [0.15, 0.2) is 54.6 Å². The van der Waals surface area contributed by atoms with Gasteiger partial charge in [-0.1, -0.05) is 43.0 Å². The highest BCUT2D eigenvalue weighted by Gasteiger charge is 2.17. The Bertz CT molecular complexity index is 469. The molecule has 0 saturated carbocycles. The van der Waals surface area contributed by atoms with Crippen molar-refractivity contribution in [3.05, 3.63) is 60.2 Å². The molecule has 0 radical (unpaired) electrons. The van der Waals surface area contributed by atoms with Gasteiger partial charge in [-0.25, -0.2) is 0 Å². The summed E-state index contributed by atoms with van der Waals surface area (Å²) in [5.74, 6) is 0.798. The van der Waals surface area contributed by atoms with Gasteiger partial charge in [-0.15, -0.1) is 0 Å². The van der Waals surface area contributed by atoms with Crippen molar-refractivity contribution in [3.8, 4) is 5.75 Å². The molecule has 0 fully saturated rings. The third kappa shape index (κ3) is 1.96. The van der Waals surface area contributed by atoms with Gasteiger partial charge < -0.3 is 4.74 Å². The lowest BCUT2D eigenvalue weighted by Crippen LogP contribution is -2.20. The first-order valence-electron chi connectivity index (χ1n) is 5.07. The monoisotopic (exact) mass is 212 g/mol. The Kier molecular flexibility index (Phi) is 3.01. The van der Waals surface area contributed by atoms with Crippen LogP contribution in [0.2, 0.25) is 0 Å². The first-order chi connectivity index (χ1) is 7.85. The number of benzene rings is 1. The standard InChI is InChI=1S/C14H12O2/c1-2-5-12(10-15)14-9-8-11-6-3-4-7-13(11)16-14/h2-10,14H,1H2. The molecule has 16 heavy (non-hydrogen) atoms. The SMILES string of the molecule is C=CC=C(C=O)C1C=Cc2ccccc2O1. The predicted octanol–water partition coefficient (Wildman–Crippen LogP) is 2.77. The predicted molar refractivity (Wildman–Crippen MR) is 64.2 cm³/mol. The second-order valence-electron chi connectivity index (χ2n) is 3.46. The number of carbonyl (C=O) groups is 1. The lowest BCUT2D eigenvalue weighted by molar-refractivity contribution is -0.105. The van der Waals surface area contributed by atoms with Crippen molar-refractivity contribution < 1.29 is 9.53 Å². The van der Waals surface area contributed by atoms with Crippen LogP contribution >= 0.6 is 0 Å². The molecule has 0 aromatic heterocycles. The third-order valence-electron chi connectivity index (χ3n) is 2.40. The van der Waals surface area contributed by atoms with E-state index in [0.717, 1.165) is 17.6 Å². The number of allylic oxidation sites excluding steroid dienone is 2. The Morgan fingerprint density at radius 3 is 2.94 bits per heavy atom. The average Bonchev–Trinajstić information content (AvgIpc) is 2.35. The molecule has 1 aromatic rings. The number of hydrogen-bond donors (Lipinski definition) is 0. The molecule has 1 unspecified atom stereocenters. The zero-order chi connectivity index (χ0) is 11.4. The maximum Gasteiger partial charge on any atom is 0.150 e. The summed E-state index contributed by atoms with van der Waals surface area (Å²) < 4.78 is 5.70. The smallest absolute Gasteiger partial charge is 0.150 e. The van der Waals surface area contributed by atoms with E-state index in [9.17, 15) is 4.79 Å². The van der Waals surface area contributed by atoms with E-state index in [-0.39, 0.29) is 6.10 Å². The molecule has 80 valence electrons. The highest BCUT2D eigenvalue weighted by molar-refractivity contribution is 5.77. The molecule has 1 heterocycles. The van der Waals surface area contributed by atoms with Crippen LogP contribution < -0.4 is 4.74 Å². The number of para-hydroxylation sites is 1. The van der Waals surface area contributed by atoms with Crippen LogP contribution in [0.4, 0.5) is 0 Å². The maximum atomic E-state index is 10.9. The van der Waals surface area contributed by atoms with E-state index in [4.69, 9.17) is 4.74 Å². The van der Waals surface area contributed by atoms with Crippen LogP contribution in [0.1, 0.15) is 5.56 Å². The van der Waals surface area contributed by atoms with Gasteiger partial charge in [0.2, 0.25) is 0 Å². The zero-order valence-corrected chi connectivity index (χ0v) is 8.80. The summed E-state index contributed by atoms with van der Waals surface area (Å²) in [7, 11) is 0. The molecule has 1 atom stereocenters. The molecule has 0 saturated heterocycles. The number of ether oxygens (including phenoxy) is 1. The van der Waals surface area contributed by atoms with Crippen LogP contribution in [0.3, 0.4) is 0 Å². The van der Waals surface area contributed by atoms with Crippen LogP contribution in [0.25, 0.3) is 6.08 Å². The Morgan fingerprint density at radius 1 is 1.38 bits per heavy atom. The molecule has 1 aliphatic rings. The number of aldehydes is 1. The molecule has 2 heteroatoms. The zero-order valence-electron chi connectivity index (χ0n) is 8.80. The van der Waals surface area contributed by atoms with Crippen LogP contribution in [-0.2, 0) is 4.79 Å². The first kappa shape index (κ1) is 10.4. The van der Waals surface area contributed by atoms with Gasteiger partial charge in [0.15, 0.2) is 0 Å². The fraction of sp³-hybridized carbons (Fsp3) is 0.0714. The lowest BCUT2D eigenvalue weighted by atomic mass is 10.0. The highest BCUT2D eigenvalue weighted by atomic mass is 16.5. The van der Waals surface area contributed by atoms with Gasteiger partial charge in [-0.3, -0.25) is 4.79 Å². The van der Waals surface area contributed by atoms with E-state index in [1.165, 1.54) is 0 Å². The minimum absolute atomic E-state index is 0.314. The highest BCUT2D eigenvalue weighted by Crippen LogP contribution is 2.27. The first-order valence-corrected chi connectivity index (χ1v) is 5.07. The molecule has 2 rings (SSSR count). The quantitative estimate of drug-likeness (QED) is 0.437. The van der Waals surface area contributed by atoms with E-state index >= 15 is 0 Å². The minimum Gasteiger partial charge on any atom is -0.481 e. The molecular weight excluding hydrogens is 200 g/mol. The molecule has 1 aromatic carbocycles. The summed E-state index contributed by atoms with van der Waals surface area (Å²) in [6, 6.07) is 7.72. The number of rotatable bonds is 3. The van der Waals surface area contributed by atoms with Gasteiger partial charge in [0.1, 0.15) is 18.1 Å². The van der Waals surface area contributed by atoms with Crippen LogP contribution in [-0.4, -0.2) is 12.4 Å². The van der Waals surface area contributed by atoms with Crippen molar-refractivity contribution >= 4 is 12.4 Å². The topological polar surface area (TPSA) is 26.3 Å².